The van der Waals surface area contributed by atoms with E-state index in [0.29, 0.717) is 19.8 Å². The van der Waals surface area contributed by atoms with Crippen molar-refractivity contribution in [2.75, 3.05) is 20.0 Å². The van der Waals surface area contributed by atoms with Crippen LogP contribution < -0.4 is 20.5 Å². The third kappa shape index (κ3) is 3.28. The van der Waals surface area contributed by atoms with Gasteiger partial charge in [-0.2, -0.15) is 0 Å². The van der Waals surface area contributed by atoms with E-state index in [1.807, 2.05) is 18.2 Å². The first-order chi connectivity index (χ1) is 10.2. The van der Waals surface area contributed by atoms with Crippen LogP contribution in [0.4, 0.5) is 0 Å². The first-order valence-corrected chi connectivity index (χ1v) is 7.23. The molecule has 1 unspecified atom stereocenters. The highest BCUT2D eigenvalue weighted by molar-refractivity contribution is 5.81. The van der Waals surface area contributed by atoms with Crippen LogP contribution in [-0.4, -0.2) is 32.0 Å². The second-order valence-corrected chi connectivity index (χ2v) is 5.38. The number of hydrogen-bond acceptors (Lipinski definition) is 5. The molecule has 6 nitrogen and oxygen atoms in total. The fourth-order valence-electron chi connectivity index (χ4n) is 2.65. The van der Waals surface area contributed by atoms with Crippen LogP contribution in [0.2, 0.25) is 0 Å². The molecule has 6 heteroatoms. The van der Waals surface area contributed by atoms with Crippen LogP contribution in [0.3, 0.4) is 0 Å². The van der Waals surface area contributed by atoms with Gasteiger partial charge >= 0.3 is 0 Å². The lowest BCUT2D eigenvalue weighted by Gasteiger charge is -2.26. The molecule has 2 aliphatic rings. The van der Waals surface area contributed by atoms with Gasteiger partial charge in [0, 0.05) is 19.8 Å². The maximum atomic E-state index is 12.1. The van der Waals surface area contributed by atoms with Gasteiger partial charge in [-0.1, -0.05) is 6.07 Å². The van der Waals surface area contributed by atoms with Crippen LogP contribution >= 0.6 is 0 Å². The summed E-state index contributed by atoms with van der Waals surface area (Å²) in [4.78, 5) is 12.1. The summed E-state index contributed by atoms with van der Waals surface area (Å²) in [6.45, 7) is 2.06. The van der Waals surface area contributed by atoms with Crippen molar-refractivity contribution in [3.63, 3.8) is 0 Å². The van der Waals surface area contributed by atoms with Crippen molar-refractivity contribution in [1.29, 1.82) is 0 Å². The van der Waals surface area contributed by atoms with Gasteiger partial charge in [0.05, 0.1) is 6.04 Å². The van der Waals surface area contributed by atoms with E-state index in [2.05, 4.69) is 5.32 Å². The molecule has 1 aromatic rings. The molecule has 21 heavy (non-hydrogen) atoms. The molecule has 114 valence electrons. The summed E-state index contributed by atoms with van der Waals surface area (Å²) in [6, 6.07) is 5.17. The van der Waals surface area contributed by atoms with Crippen LogP contribution in [-0.2, 0) is 16.1 Å². The van der Waals surface area contributed by atoms with Gasteiger partial charge in [-0.25, -0.2) is 0 Å². The topological polar surface area (TPSA) is 82.8 Å². The summed E-state index contributed by atoms with van der Waals surface area (Å²) < 4.78 is 15.9. The molecule has 0 saturated carbocycles. The Hall–Kier alpha value is -1.79. The van der Waals surface area contributed by atoms with Gasteiger partial charge in [-0.15, -0.1) is 0 Å². The van der Waals surface area contributed by atoms with E-state index in [-0.39, 0.29) is 18.6 Å². The van der Waals surface area contributed by atoms with Crippen LogP contribution in [0.15, 0.2) is 18.2 Å². The van der Waals surface area contributed by atoms with Crippen molar-refractivity contribution in [1.82, 2.24) is 5.32 Å². The number of nitrogens with two attached hydrogens (primary N) is 1. The molecule has 0 spiro atoms. The number of carbonyl (C=O) groups is 1. The Morgan fingerprint density at radius 2 is 2.05 bits per heavy atom. The highest BCUT2D eigenvalue weighted by Gasteiger charge is 2.26. The molecule has 0 aromatic heterocycles. The van der Waals surface area contributed by atoms with Gasteiger partial charge in [-0.3, -0.25) is 4.79 Å². The summed E-state index contributed by atoms with van der Waals surface area (Å²) in [5.41, 5.74) is 7.00. The first-order valence-electron chi connectivity index (χ1n) is 7.23. The van der Waals surface area contributed by atoms with Crippen molar-refractivity contribution in [2.45, 2.75) is 25.4 Å². The van der Waals surface area contributed by atoms with Crippen molar-refractivity contribution in [2.24, 2.45) is 11.7 Å². The number of hydrogen-bond donors (Lipinski definition) is 2. The minimum Gasteiger partial charge on any atom is -0.454 e. The SMILES string of the molecule is NC(C(=O)NCc1ccc2c(c1)OCO2)C1CCOCC1. The number of fused-ring (bicyclic) bond motifs is 1. The molecule has 1 aromatic carbocycles. The highest BCUT2D eigenvalue weighted by Crippen LogP contribution is 2.32. The number of amides is 1. The molecule has 1 atom stereocenters. The zero-order chi connectivity index (χ0) is 14.7. The van der Waals surface area contributed by atoms with E-state index in [0.717, 1.165) is 29.9 Å². The Balaban J connectivity index is 1.53. The maximum absolute atomic E-state index is 12.1. The molecular weight excluding hydrogens is 272 g/mol. The van der Waals surface area contributed by atoms with Crippen molar-refractivity contribution < 1.29 is 19.0 Å². The normalized spacial score (nSPS) is 19.3. The number of benzene rings is 1. The van der Waals surface area contributed by atoms with E-state index in [1.165, 1.54) is 0 Å². The maximum Gasteiger partial charge on any atom is 0.237 e. The molecule has 0 radical (unpaired) electrons. The average Bonchev–Trinajstić information content (AvgIpc) is 3.00. The number of carbonyl (C=O) groups excluding carboxylic acids is 1. The van der Waals surface area contributed by atoms with E-state index in [1.54, 1.807) is 0 Å². The van der Waals surface area contributed by atoms with Gasteiger partial charge in [0.15, 0.2) is 11.5 Å². The zero-order valence-electron chi connectivity index (χ0n) is 11.8. The Kier molecular flexibility index (Phi) is 4.26. The summed E-state index contributed by atoms with van der Waals surface area (Å²) >= 11 is 0. The zero-order valence-corrected chi connectivity index (χ0v) is 11.8. The summed E-state index contributed by atoms with van der Waals surface area (Å²) in [7, 11) is 0. The molecule has 2 heterocycles. The number of rotatable bonds is 4. The van der Waals surface area contributed by atoms with Crippen LogP contribution in [0.25, 0.3) is 0 Å². The van der Waals surface area contributed by atoms with Gasteiger partial charge in [0.25, 0.3) is 0 Å². The van der Waals surface area contributed by atoms with Crippen LogP contribution in [0.5, 0.6) is 11.5 Å². The lowest BCUT2D eigenvalue weighted by atomic mass is 9.92. The van der Waals surface area contributed by atoms with E-state index >= 15 is 0 Å². The minimum absolute atomic E-state index is 0.112. The fraction of sp³-hybridized carbons (Fsp3) is 0.533. The third-order valence-electron chi connectivity index (χ3n) is 3.98. The monoisotopic (exact) mass is 292 g/mol. The molecule has 3 N–H and O–H groups in total. The van der Waals surface area contributed by atoms with Crippen molar-refractivity contribution >= 4 is 5.91 Å². The molecule has 1 saturated heterocycles. The van der Waals surface area contributed by atoms with Crippen molar-refractivity contribution in [3.8, 4) is 11.5 Å². The molecule has 1 amide bonds. The van der Waals surface area contributed by atoms with Gasteiger partial charge in [-0.05, 0) is 36.5 Å². The molecule has 0 bridgehead atoms. The van der Waals surface area contributed by atoms with Gasteiger partial charge in [0.2, 0.25) is 12.7 Å². The largest absolute Gasteiger partial charge is 0.454 e. The highest BCUT2D eigenvalue weighted by atomic mass is 16.7. The molecule has 2 aliphatic heterocycles. The van der Waals surface area contributed by atoms with E-state index in [4.69, 9.17) is 19.9 Å². The lowest BCUT2D eigenvalue weighted by Crippen LogP contribution is -2.46. The number of nitrogens with one attached hydrogen (secondary N) is 1. The first kappa shape index (κ1) is 14.2. The summed E-state index contributed by atoms with van der Waals surface area (Å²) in [6.07, 6.45) is 1.69. The molecular formula is C15H20N2O4. The predicted octanol–water partition coefficient (Wildman–Crippen LogP) is 0.785. The van der Waals surface area contributed by atoms with Crippen molar-refractivity contribution in [3.05, 3.63) is 23.8 Å². The third-order valence-corrected chi connectivity index (χ3v) is 3.98. The van der Waals surface area contributed by atoms with E-state index in [9.17, 15) is 4.79 Å². The minimum atomic E-state index is -0.470. The number of ether oxygens (including phenoxy) is 3. The Morgan fingerprint density at radius 1 is 1.29 bits per heavy atom. The Bertz CT molecular complexity index is 514. The fourth-order valence-corrected chi connectivity index (χ4v) is 2.65. The van der Waals surface area contributed by atoms with Gasteiger partial charge in [0.1, 0.15) is 0 Å². The predicted molar refractivity (Wildman–Crippen MR) is 75.9 cm³/mol. The Labute approximate surface area is 123 Å². The standard InChI is InChI=1S/C15H20N2O4/c16-14(11-3-5-19-6-4-11)15(18)17-8-10-1-2-12-13(7-10)21-9-20-12/h1-2,7,11,14H,3-6,8-9,16H2,(H,17,18). The van der Waals surface area contributed by atoms with Crippen LogP contribution in [0.1, 0.15) is 18.4 Å². The molecule has 1 fully saturated rings. The Morgan fingerprint density at radius 3 is 2.86 bits per heavy atom. The average molecular weight is 292 g/mol. The quantitative estimate of drug-likeness (QED) is 0.857. The smallest absolute Gasteiger partial charge is 0.237 e. The summed E-state index contributed by atoms with van der Waals surface area (Å²) in [5, 5.41) is 2.89. The lowest BCUT2D eigenvalue weighted by molar-refractivity contribution is -0.124. The van der Waals surface area contributed by atoms with E-state index < -0.39 is 6.04 Å². The van der Waals surface area contributed by atoms with Crippen LogP contribution in [0, 0.1) is 5.92 Å². The second-order valence-electron chi connectivity index (χ2n) is 5.38. The molecule has 0 aliphatic carbocycles. The van der Waals surface area contributed by atoms with Gasteiger partial charge < -0.3 is 25.3 Å². The molecule has 3 rings (SSSR count). The summed E-state index contributed by atoms with van der Waals surface area (Å²) in [5.74, 6) is 1.55. The second kappa shape index (κ2) is 6.32.